The Kier molecular flexibility index (Phi) is 5.01. The number of hydrogen-bond donors (Lipinski definition) is 0. The number of halogens is 3. The number of carbonyl (C=O) groups is 1. The minimum atomic E-state index is -4.66. The number of ether oxygens (including phenoxy) is 1. The molecule has 0 N–H and O–H groups in total. The van der Waals surface area contributed by atoms with Crippen molar-refractivity contribution in [1.29, 1.82) is 0 Å². The Morgan fingerprint density at radius 3 is 2.50 bits per heavy atom. The van der Waals surface area contributed by atoms with Gasteiger partial charge in [-0.05, 0) is 33.1 Å². The standard InChI is InChI=1S/C18H24F3N5O2/c1-6-28-16(27)17(10(2)3)7-8-25(9-17)14-12(5)11(4)13-22-23-15(18(19,20)21)26(13)24-14/h10H,6-9H2,1-5H3. The maximum absolute atomic E-state index is 13.3. The van der Waals surface area contributed by atoms with Crippen LogP contribution in [0.4, 0.5) is 19.0 Å². The van der Waals surface area contributed by atoms with Crippen molar-refractivity contribution in [3.05, 3.63) is 17.0 Å². The number of aryl methyl sites for hydroxylation is 1. The molecule has 3 heterocycles. The minimum absolute atomic E-state index is 0.0160. The topological polar surface area (TPSA) is 72.6 Å². The summed E-state index contributed by atoms with van der Waals surface area (Å²) in [5.41, 5.74) is 0.657. The van der Waals surface area contributed by atoms with Gasteiger partial charge in [0, 0.05) is 24.2 Å². The third-order valence-corrected chi connectivity index (χ3v) is 5.71. The molecule has 1 aliphatic rings. The SMILES string of the molecule is CCOC(=O)C1(C(C)C)CCN(c2nn3c(C(F)(F)F)nnc3c(C)c2C)C1. The highest BCUT2D eigenvalue weighted by atomic mass is 19.4. The van der Waals surface area contributed by atoms with Crippen LogP contribution in [0.1, 0.15) is 44.1 Å². The van der Waals surface area contributed by atoms with Crippen LogP contribution < -0.4 is 4.90 Å². The average molecular weight is 399 g/mol. The lowest BCUT2D eigenvalue weighted by Gasteiger charge is -2.31. The van der Waals surface area contributed by atoms with Crippen LogP contribution in [0.25, 0.3) is 5.65 Å². The minimum Gasteiger partial charge on any atom is -0.466 e. The van der Waals surface area contributed by atoms with E-state index in [0.717, 1.165) is 10.1 Å². The lowest BCUT2D eigenvalue weighted by molar-refractivity contribution is -0.156. The molecule has 1 fully saturated rings. The van der Waals surface area contributed by atoms with Crippen molar-refractivity contribution in [3.63, 3.8) is 0 Å². The van der Waals surface area contributed by atoms with Gasteiger partial charge in [0.15, 0.2) is 11.5 Å². The summed E-state index contributed by atoms with van der Waals surface area (Å²) in [6.45, 7) is 10.3. The van der Waals surface area contributed by atoms with Gasteiger partial charge in [-0.2, -0.15) is 17.7 Å². The van der Waals surface area contributed by atoms with Crippen LogP contribution >= 0.6 is 0 Å². The molecule has 3 rings (SSSR count). The molecule has 0 spiro atoms. The molecule has 0 saturated carbocycles. The van der Waals surface area contributed by atoms with Gasteiger partial charge in [0.2, 0.25) is 0 Å². The fourth-order valence-corrected chi connectivity index (χ4v) is 3.75. The van der Waals surface area contributed by atoms with E-state index in [0.29, 0.717) is 30.9 Å². The molecule has 28 heavy (non-hydrogen) atoms. The molecule has 0 amide bonds. The maximum atomic E-state index is 13.3. The van der Waals surface area contributed by atoms with Crippen LogP contribution in [0.3, 0.4) is 0 Å². The van der Waals surface area contributed by atoms with Crippen molar-refractivity contribution >= 4 is 17.4 Å². The second kappa shape index (κ2) is 6.89. The van der Waals surface area contributed by atoms with E-state index in [1.807, 2.05) is 18.7 Å². The summed E-state index contributed by atoms with van der Waals surface area (Å²) in [7, 11) is 0. The van der Waals surface area contributed by atoms with Gasteiger partial charge in [-0.1, -0.05) is 13.8 Å². The molecule has 154 valence electrons. The molecule has 1 aliphatic heterocycles. The molecular weight excluding hydrogens is 375 g/mol. The number of esters is 1. The Morgan fingerprint density at radius 1 is 1.25 bits per heavy atom. The van der Waals surface area contributed by atoms with E-state index in [4.69, 9.17) is 4.74 Å². The first-order valence-corrected chi connectivity index (χ1v) is 9.25. The van der Waals surface area contributed by atoms with E-state index in [2.05, 4.69) is 15.3 Å². The van der Waals surface area contributed by atoms with Gasteiger partial charge in [0.25, 0.3) is 5.82 Å². The number of alkyl halides is 3. The van der Waals surface area contributed by atoms with Crippen molar-refractivity contribution in [2.45, 2.75) is 47.2 Å². The molecule has 0 aliphatic carbocycles. The van der Waals surface area contributed by atoms with Crippen LogP contribution in [0, 0.1) is 25.2 Å². The van der Waals surface area contributed by atoms with Gasteiger partial charge in [0.05, 0.1) is 12.0 Å². The quantitative estimate of drug-likeness (QED) is 0.736. The predicted octanol–water partition coefficient (Wildman–Crippen LogP) is 3.18. The fourth-order valence-electron chi connectivity index (χ4n) is 3.75. The number of hydrogen-bond acceptors (Lipinski definition) is 6. The first-order valence-electron chi connectivity index (χ1n) is 9.25. The van der Waals surface area contributed by atoms with Crippen LogP contribution in [0.5, 0.6) is 0 Å². The molecule has 0 radical (unpaired) electrons. The van der Waals surface area contributed by atoms with Crippen molar-refractivity contribution < 1.29 is 22.7 Å². The Balaban J connectivity index is 2.07. The van der Waals surface area contributed by atoms with Gasteiger partial charge in [-0.3, -0.25) is 4.79 Å². The van der Waals surface area contributed by atoms with E-state index >= 15 is 0 Å². The Morgan fingerprint density at radius 2 is 1.93 bits per heavy atom. The third kappa shape index (κ3) is 3.08. The average Bonchev–Trinajstić information content (AvgIpc) is 3.23. The summed E-state index contributed by atoms with van der Waals surface area (Å²) in [5, 5.41) is 11.2. The number of carbonyl (C=O) groups excluding carboxylic acids is 1. The highest BCUT2D eigenvalue weighted by molar-refractivity contribution is 5.79. The first kappa shape index (κ1) is 20.3. The number of rotatable bonds is 4. The molecule has 1 unspecified atom stereocenters. The van der Waals surface area contributed by atoms with E-state index < -0.39 is 17.4 Å². The van der Waals surface area contributed by atoms with Crippen molar-refractivity contribution in [2.75, 3.05) is 24.6 Å². The summed E-state index contributed by atoms with van der Waals surface area (Å²) in [6, 6.07) is 0. The number of aromatic nitrogens is 4. The Bertz CT molecular complexity index is 909. The highest BCUT2D eigenvalue weighted by Crippen LogP contribution is 2.41. The molecule has 1 atom stereocenters. The van der Waals surface area contributed by atoms with Gasteiger partial charge in [0.1, 0.15) is 0 Å². The second-order valence-electron chi connectivity index (χ2n) is 7.53. The number of nitrogens with zero attached hydrogens (tertiary/aromatic N) is 5. The molecule has 2 aromatic heterocycles. The summed E-state index contributed by atoms with van der Waals surface area (Å²) >= 11 is 0. The summed E-state index contributed by atoms with van der Waals surface area (Å²) < 4.78 is 45.9. The van der Waals surface area contributed by atoms with Crippen molar-refractivity contribution in [3.8, 4) is 0 Å². The zero-order chi connectivity index (χ0) is 20.9. The normalized spacial score (nSPS) is 20.4. The van der Waals surface area contributed by atoms with Crippen molar-refractivity contribution in [1.82, 2.24) is 19.8 Å². The van der Waals surface area contributed by atoms with Gasteiger partial charge in [-0.15, -0.1) is 15.3 Å². The predicted molar refractivity (Wildman–Crippen MR) is 96.0 cm³/mol. The highest BCUT2D eigenvalue weighted by Gasteiger charge is 2.49. The third-order valence-electron chi connectivity index (χ3n) is 5.71. The summed E-state index contributed by atoms with van der Waals surface area (Å²) in [6.07, 6.45) is -4.11. The monoisotopic (exact) mass is 399 g/mol. The Hall–Kier alpha value is -2.39. The molecule has 0 aromatic carbocycles. The molecule has 7 nitrogen and oxygen atoms in total. The number of anilines is 1. The van der Waals surface area contributed by atoms with Crippen LogP contribution in [0.15, 0.2) is 0 Å². The van der Waals surface area contributed by atoms with Crippen LogP contribution in [0.2, 0.25) is 0 Å². The van der Waals surface area contributed by atoms with Crippen LogP contribution in [-0.2, 0) is 15.7 Å². The Labute approximate surface area is 160 Å². The van der Waals surface area contributed by atoms with E-state index in [-0.39, 0.29) is 24.1 Å². The van der Waals surface area contributed by atoms with Gasteiger partial charge >= 0.3 is 12.1 Å². The largest absolute Gasteiger partial charge is 0.466 e. The molecule has 1 saturated heterocycles. The van der Waals surface area contributed by atoms with E-state index in [9.17, 15) is 18.0 Å². The zero-order valence-corrected chi connectivity index (χ0v) is 16.6. The van der Waals surface area contributed by atoms with Crippen LogP contribution in [-0.4, -0.2) is 45.5 Å². The fraction of sp³-hybridized carbons (Fsp3) is 0.667. The summed E-state index contributed by atoms with van der Waals surface area (Å²) in [5.74, 6) is -1.01. The maximum Gasteiger partial charge on any atom is 0.453 e. The van der Waals surface area contributed by atoms with Gasteiger partial charge < -0.3 is 9.64 Å². The second-order valence-corrected chi connectivity index (χ2v) is 7.53. The van der Waals surface area contributed by atoms with Gasteiger partial charge in [-0.25, -0.2) is 0 Å². The van der Waals surface area contributed by atoms with E-state index in [1.165, 1.54) is 0 Å². The number of fused-ring (bicyclic) bond motifs is 1. The van der Waals surface area contributed by atoms with Crippen molar-refractivity contribution in [2.24, 2.45) is 11.3 Å². The molecule has 10 heteroatoms. The molecule has 0 bridgehead atoms. The lowest BCUT2D eigenvalue weighted by Crippen LogP contribution is -2.41. The lowest BCUT2D eigenvalue weighted by atomic mass is 9.76. The molecule has 2 aromatic rings. The zero-order valence-electron chi connectivity index (χ0n) is 16.6. The smallest absolute Gasteiger partial charge is 0.453 e. The van der Waals surface area contributed by atoms with E-state index in [1.54, 1.807) is 20.8 Å². The molecular formula is C18H24F3N5O2. The first-order chi connectivity index (χ1) is 13.0. The summed E-state index contributed by atoms with van der Waals surface area (Å²) in [4.78, 5) is 14.5.